The minimum Gasteiger partial charge on any atom is -0.348 e. The number of likely N-dealkylation sites (N-methyl/N-ethyl adjacent to an activating group) is 1. The van der Waals surface area contributed by atoms with Gasteiger partial charge in [0.15, 0.2) is 0 Å². The van der Waals surface area contributed by atoms with E-state index in [0.717, 1.165) is 12.1 Å². The van der Waals surface area contributed by atoms with Crippen LogP contribution in [0.1, 0.15) is 6.42 Å². The van der Waals surface area contributed by atoms with Crippen LogP contribution in [0.2, 0.25) is 0 Å². The number of benzene rings is 1. The Hall–Kier alpha value is -1.30. The summed E-state index contributed by atoms with van der Waals surface area (Å²) in [7, 11) is -0.465. The highest BCUT2D eigenvalue weighted by Crippen LogP contribution is 2.37. The molecule has 1 saturated heterocycles. The fraction of sp³-hybridized carbons (Fsp3) is 0.562. The van der Waals surface area contributed by atoms with E-state index < -0.39 is 15.5 Å². The fourth-order valence-corrected chi connectivity index (χ4v) is 4.65. The van der Waals surface area contributed by atoms with Crippen LogP contribution in [-0.4, -0.2) is 80.8 Å². The van der Waals surface area contributed by atoms with Crippen LogP contribution in [0.4, 0.5) is 13.2 Å². The van der Waals surface area contributed by atoms with Gasteiger partial charge >= 0.3 is 5.51 Å². The predicted molar refractivity (Wildman–Crippen MR) is 96.9 cm³/mol. The molecule has 1 aromatic rings. The van der Waals surface area contributed by atoms with Gasteiger partial charge in [0, 0.05) is 38.6 Å². The summed E-state index contributed by atoms with van der Waals surface area (Å²) >= 11 is -0.284. The molecule has 152 valence electrons. The fourth-order valence-electron chi connectivity index (χ4n) is 2.64. The number of rotatable bonds is 5. The second-order valence-corrected chi connectivity index (χ2v) is 9.42. The minimum absolute atomic E-state index is 0.0353. The van der Waals surface area contributed by atoms with E-state index in [1.54, 1.807) is 14.1 Å². The normalized spacial score (nSPS) is 17.5. The van der Waals surface area contributed by atoms with Gasteiger partial charge < -0.3 is 4.90 Å². The topological polar surface area (TPSA) is 60.9 Å². The lowest BCUT2D eigenvalue weighted by Gasteiger charge is -2.22. The van der Waals surface area contributed by atoms with E-state index in [9.17, 15) is 26.4 Å². The third kappa shape index (κ3) is 6.37. The zero-order valence-corrected chi connectivity index (χ0v) is 16.7. The number of carbonyl (C=O) groups is 1. The third-order valence-corrected chi connectivity index (χ3v) is 6.75. The Morgan fingerprint density at radius 3 is 2.30 bits per heavy atom. The highest BCUT2D eigenvalue weighted by Gasteiger charge is 2.30. The first-order valence-electron chi connectivity index (χ1n) is 8.27. The highest BCUT2D eigenvalue weighted by molar-refractivity contribution is 8.00. The molecule has 0 spiro atoms. The van der Waals surface area contributed by atoms with Crippen molar-refractivity contribution in [2.45, 2.75) is 21.7 Å². The standard InChI is InChI=1S/C16H22F3N3O3S2/c1-20(2)15(23)12-21-8-3-9-22(11-10-21)27(24,25)14-6-4-13(5-7-14)26-16(17,18)19/h4-7H,3,8-12H2,1-2H3. The first-order chi connectivity index (χ1) is 12.5. The van der Waals surface area contributed by atoms with Crippen molar-refractivity contribution in [1.82, 2.24) is 14.1 Å². The van der Waals surface area contributed by atoms with Crippen LogP contribution >= 0.6 is 11.8 Å². The Morgan fingerprint density at radius 2 is 1.74 bits per heavy atom. The van der Waals surface area contributed by atoms with Crippen LogP contribution in [0.5, 0.6) is 0 Å². The van der Waals surface area contributed by atoms with Crippen molar-refractivity contribution in [1.29, 1.82) is 0 Å². The zero-order valence-electron chi connectivity index (χ0n) is 15.1. The van der Waals surface area contributed by atoms with Crippen molar-refractivity contribution in [3.63, 3.8) is 0 Å². The number of halogens is 3. The summed E-state index contributed by atoms with van der Waals surface area (Å²) in [6.45, 7) is 1.77. The summed E-state index contributed by atoms with van der Waals surface area (Å²) in [5.74, 6) is -0.0518. The molecular weight excluding hydrogens is 403 g/mol. The summed E-state index contributed by atoms with van der Waals surface area (Å²) in [6.07, 6.45) is 0.571. The van der Waals surface area contributed by atoms with Crippen LogP contribution in [0.3, 0.4) is 0 Å². The van der Waals surface area contributed by atoms with Crippen molar-refractivity contribution in [2.24, 2.45) is 0 Å². The van der Waals surface area contributed by atoms with E-state index in [1.165, 1.54) is 21.3 Å². The molecule has 0 bridgehead atoms. The summed E-state index contributed by atoms with van der Waals surface area (Å²) in [5.41, 5.74) is -4.42. The smallest absolute Gasteiger partial charge is 0.348 e. The highest BCUT2D eigenvalue weighted by atomic mass is 32.2. The Morgan fingerprint density at radius 1 is 1.11 bits per heavy atom. The molecular formula is C16H22F3N3O3S2. The molecule has 1 aliphatic heterocycles. The van der Waals surface area contributed by atoms with E-state index >= 15 is 0 Å². The van der Waals surface area contributed by atoms with Crippen molar-refractivity contribution in [2.75, 3.05) is 46.8 Å². The monoisotopic (exact) mass is 425 g/mol. The average Bonchev–Trinajstić information content (AvgIpc) is 2.80. The molecule has 1 heterocycles. The largest absolute Gasteiger partial charge is 0.446 e. The zero-order chi connectivity index (χ0) is 20.2. The molecule has 1 aliphatic rings. The summed E-state index contributed by atoms with van der Waals surface area (Å²) in [4.78, 5) is 15.1. The number of alkyl halides is 3. The molecule has 1 amide bonds. The van der Waals surface area contributed by atoms with Crippen LogP contribution in [0.15, 0.2) is 34.1 Å². The van der Waals surface area contributed by atoms with Gasteiger partial charge in [-0.3, -0.25) is 9.69 Å². The average molecular weight is 425 g/mol. The van der Waals surface area contributed by atoms with Crippen molar-refractivity contribution in [3.8, 4) is 0 Å². The molecule has 0 N–H and O–H groups in total. The molecule has 1 fully saturated rings. The number of amides is 1. The van der Waals surface area contributed by atoms with Crippen LogP contribution < -0.4 is 0 Å². The van der Waals surface area contributed by atoms with Crippen molar-refractivity contribution >= 4 is 27.7 Å². The van der Waals surface area contributed by atoms with E-state index in [1.807, 2.05) is 4.90 Å². The number of carbonyl (C=O) groups excluding carboxylic acids is 1. The first-order valence-corrected chi connectivity index (χ1v) is 10.5. The van der Waals surface area contributed by atoms with Crippen LogP contribution in [0, 0.1) is 0 Å². The summed E-state index contributed by atoms with van der Waals surface area (Å²) < 4.78 is 64.1. The van der Waals surface area contributed by atoms with Gasteiger partial charge in [-0.25, -0.2) is 8.42 Å². The lowest BCUT2D eigenvalue weighted by atomic mass is 10.4. The maximum Gasteiger partial charge on any atom is 0.446 e. The third-order valence-electron chi connectivity index (χ3n) is 4.10. The molecule has 0 aromatic heterocycles. The molecule has 27 heavy (non-hydrogen) atoms. The maximum atomic E-state index is 12.8. The number of hydrogen-bond donors (Lipinski definition) is 0. The molecule has 6 nitrogen and oxygen atoms in total. The molecule has 1 aromatic carbocycles. The lowest BCUT2D eigenvalue weighted by molar-refractivity contribution is -0.129. The minimum atomic E-state index is -4.42. The van der Waals surface area contributed by atoms with Gasteiger partial charge in [-0.1, -0.05) is 0 Å². The van der Waals surface area contributed by atoms with Gasteiger partial charge in [0.25, 0.3) is 0 Å². The summed E-state index contributed by atoms with van der Waals surface area (Å²) in [5, 5.41) is 0. The van der Waals surface area contributed by atoms with Gasteiger partial charge in [-0.15, -0.1) is 0 Å². The number of thioether (sulfide) groups is 1. The molecule has 2 rings (SSSR count). The number of hydrogen-bond acceptors (Lipinski definition) is 5. The molecule has 0 saturated carbocycles. The lowest BCUT2D eigenvalue weighted by Crippen LogP contribution is -2.39. The van der Waals surface area contributed by atoms with E-state index in [4.69, 9.17) is 0 Å². The van der Waals surface area contributed by atoms with Crippen molar-refractivity contribution in [3.05, 3.63) is 24.3 Å². The van der Waals surface area contributed by atoms with Gasteiger partial charge in [0.1, 0.15) is 0 Å². The van der Waals surface area contributed by atoms with Gasteiger partial charge in [-0.05, 0) is 49.0 Å². The molecule has 0 atom stereocenters. The SMILES string of the molecule is CN(C)C(=O)CN1CCCN(S(=O)(=O)c2ccc(SC(F)(F)F)cc2)CC1. The van der Waals surface area contributed by atoms with E-state index in [2.05, 4.69) is 0 Å². The number of nitrogens with zero attached hydrogens (tertiary/aromatic N) is 3. The molecule has 0 aliphatic carbocycles. The Bertz CT molecular complexity index is 752. The first kappa shape index (κ1) is 22.0. The number of sulfonamides is 1. The Labute approximate surface area is 161 Å². The van der Waals surface area contributed by atoms with Crippen LogP contribution in [0.25, 0.3) is 0 Å². The van der Waals surface area contributed by atoms with E-state index in [-0.39, 0.29) is 40.5 Å². The maximum absolute atomic E-state index is 12.8. The second kappa shape index (κ2) is 8.80. The van der Waals surface area contributed by atoms with Gasteiger partial charge in [0.05, 0.1) is 11.4 Å². The van der Waals surface area contributed by atoms with E-state index in [0.29, 0.717) is 26.1 Å². The second-order valence-electron chi connectivity index (χ2n) is 6.34. The quantitative estimate of drug-likeness (QED) is 0.676. The Kier molecular flexibility index (Phi) is 7.17. The van der Waals surface area contributed by atoms with Crippen LogP contribution in [-0.2, 0) is 14.8 Å². The van der Waals surface area contributed by atoms with Crippen molar-refractivity contribution < 1.29 is 26.4 Å². The Balaban J connectivity index is 2.05. The predicted octanol–water partition coefficient (Wildman–Crippen LogP) is 2.08. The molecule has 0 radical (unpaired) electrons. The van der Waals surface area contributed by atoms with Gasteiger partial charge in [0.2, 0.25) is 15.9 Å². The molecule has 0 unspecified atom stereocenters. The van der Waals surface area contributed by atoms with Gasteiger partial charge in [-0.2, -0.15) is 17.5 Å². The molecule has 11 heteroatoms. The summed E-state index contributed by atoms with van der Waals surface area (Å²) in [6, 6.07) is 4.71.